The van der Waals surface area contributed by atoms with Crippen LogP contribution in [0, 0.1) is 16.0 Å². The predicted molar refractivity (Wildman–Crippen MR) is 115 cm³/mol. The summed E-state index contributed by atoms with van der Waals surface area (Å²) in [6.45, 7) is 7.57. The fourth-order valence-corrected chi connectivity index (χ4v) is 4.46. The first-order chi connectivity index (χ1) is 14.8. The molecule has 4 rings (SSSR count). The topological polar surface area (TPSA) is 103 Å². The number of hydrogen-bond acceptors (Lipinski definition) is 6. The van der Waals surface area contributed by atoms with Crippen molar-refractivity contribution in [1.82, 2.24) is 19.8 Å². The lowest BCUT2D eigenvalue weighted by Crippen LogP contribution is -2.39. The fourth-order valence-electron chi connectivity index (χ4n) is 4.46. The standard InChI is InChI=1S/C22H29N5O4/c1-22(2)12-17-4-3-5-18(20(17)31-22)14-25-9-6-16(7-10-25)13-24-19(28)15-26-11-8-23-21(26)27(29)30/h3-5,8,11,16H,6-7,9-10,12-15H2,1-2H3,(H,24,28). The molecule has 0 saturated carbocycles. The summed E-state index contributed by atoms with van der Waals surface area (Å²) in [4.78, 5) is 28.6. The van der Waals surface area contributed by atoms with Gasteiger partial charge in [-0.2, -0.15) is 0 Å². The molecule has 9 nitrogen and oxygen atoms in total. The zero-order valence-electron chi connectivity index (χ0n) is 18.0. The second-order valence-corrected chi connectivity index (χ2v) is 9.08. The number of imidazole rings is 1. The van der Waals surface area contributed by atoms with E-state index in [9.17, 15) is 14.9 Å². The number of nitro groups is 1. The molecule has 1 aromatic heterocycles. The van der Waals surface area contributed by atoms with Crippen LogP contribution < -0.4 is 10.1 Å². The molecular weight excluding hydrogens is 398 g/mol. The van der Waals surface area contributed by atoms with E-state index in [0.717, 1.165) is 44.6 Å². The number of rotatable bonds is 7. The third kappa shape index (κ3) is 5.04. The Labute approximate surface area is 181 Å². The van der Waals surface area contributed by atoms with Gasteiger partial charge in [0.25, 0.3) is 5.91 Å². The Morgan fingerprint density at radius 1 is 1.35 bits per heavy atom. The van der Waals surface area contributed by atoms with Gasteiger partial charge in [-0.05, 0) is 56.2 Å². The molecule has 1 saturated heterocycles. The molecule has 0 radical (unpaired) electrons. The molecule has 0 aliphatic carbocycles. The molecule has 1 amide bonds. The van der Waals surface area contributed by atoms with E-state index < -0.39 is 4.92 Å². The minimum atomic E-state index is -0.586. The Balaban J connectivity index is 1.23. The number of aromatic nitrogens is 2. The number of amides is 1. The van der Waals surface area contributed by atoms with Crippen molar-refractivity contribution in [2.24, 2.45) is 5.92 Å². The summed E-state index contributed by atoms with van der Waals surface area (Å²) in [6, 6.07) is 6.43. The van der Waals surface area contributed by atoms with Gasteiger partial charge in [-0.3, -0.25) is 9.69 Å². The lowest BCUT2D eigenvalue weighted by atomic mass is 9.96. The van der Waals surface area contributed by atoms with Crippen molar-refractivity contribution in [3.8, 4) is 5.75 Å². The third-order valence-electron chi connectivity index (χ3n) is 6.03. The Morgan fingerprint density at radius 3 is 2.87 bits per heavy atom. The predicted octanol–water partition coefficient (Wildman–Crippen LogP) is 2.53. The van der Waals surface area contributed by atoms with E-state index in [1.165, 1.54) is 28.1 Å². The molecule has 2 aromatic rings. The van der Waals surface area contributed by atoms with Crippen molar-refractivity contribution < 1.29 is 14.5 Å². The van der Waals surface area contributed by atoms with Crippen LogP contribution in [-0.4, -0.2) is 50.5 Å². The fraction of sp³-hybridized carbons (Fsp3) is 0.545. The van der Waals surface area contributed by atoms with Gasteiger partial charge in [0.2, 0.25) is 0 Å². The van der Waals surface area contributed by atoms with Gasteiger partial charge < -0.3 is 20.2 Å². The Kier molecular flexibility index (Phi) is 5.95. The number of para-hydroxylation sites is 1. The average Bonchev–Trinajstić information content (AvgIpc) is 3.30. The Morgan fingerprint density at radius 2 is 2.13 bits per heavy atom. The summed E-state index contributed by atoms with van der Waals surface area (Å²) in [7, 11) is 0. The molecule has 0 spiro atoms. The maximum Gasteiger partial charge on any atom is 0.435 e. The van der Waals surface area contributed by atoms with Crippen LogP contribution in [0.2, 0.25) is 0 Å². The van der Waals surface area contributed by atoms with Crippen LogP contribution in [0.5, 0.6) is 5.75 Å². The van der Waals surface area contributed by atoms with Crippen LogP contribution in [-0.2, 0) is 24.3 Å². The monoisotopic (exact) mass is 427 g/mol. The summed E-state index contributed by atoms with van der Waals surface area (Å²) in [5, 5.41) is 13.8. The summed E-state index contributed by atoms with van der Waals surface area (Å²) in [6.07, 6.45) is 5.73. The first-order valence-corrected chi connectivity index (χ1v) is 10.7. The minimum absolute atomic E-state index is 0.0926. The van der Waals surface area contributed by atoms with E-state index in [-0.39, 0.29) is 24.0 Å². The number of carbonyl (C=O) groups is 1. The van der Waals surface area contributed by atoms with E-state index in [0.29, 0.717) is 12.5 Å². The van der Waals surface area contributed by atoms with E-state index in [1.54, 1.807) is 0 Å². The van der Waals surface area contributed by atoms with Crippen LogP contribution in [0.3, 0.4) is 0 Å². The maximum absolute atomic E-state index is 12.2. The van der Waals surface area contributed by atoms with Crippen molar-refractivity contribution in [3.05, 3.63) is 51.8 Å². The quantitative estimate of drug-likeness (QED) is 0.538. The normalized spacial score (nSPS) is 18.4. The van der Waals surface area contributed by atoms with Gasteiger partial charge in [-0.25, -0.2) is 4.57 Å². The Hall–Kier alpha value is -2.94. The van der Waals surface area contributed by atoms with E-state index in [4.69, 9.17) is 4.74 Å². The van der Waals surface area contributed by atoms with Gasteiger partial charge in [0, 0.05) is 25.1 Å². The van der Waals surface area contributed by atoms with Crippen LogP contribution in [0.4, 0.5) is 5.95 Å². The van der Waals surface area contributed by atoms with E-state index in [2.05, 4.69) is 47.2 Å². The number of ether oxygens (including phenoxy) is 1. The molecular formula is C22H29N5O4. The lowest BCUT2D eigenvalue weighted by Gasteiger charge is -2.32. The van der Waals surface area contributed by atoms with Crippen molar-refractivity contribution >= 4 is 11.9 Å². The van der Waals surface area contributed by atoms with E-state index in [1.807, 2.05) is 0 Å². The minimum Gasteiger partial charge on any atom is -0.487 e. The highest BCUT2D eigenvalue weighted by Gasteiger charge is 2.32. The molecule has 1 N–H and O–H groups in total. The van der Waals surface area contributed by atoms with Crippen LogP contribution in [0.25, 0.3) is 0 Å². The van der Waals surface area contributed by atoms with Crippen molar-refractivity contribution in [2.75, 3.05) is 19.6 Å². The molecule has 9 heteroatoms. The molecule has 0 unspecified atom stereocenters. The van der Waals surface area contributed by atoms with Crippen LogP contribution >= 0.6 is 0 Å². The number of nitrogens with zero attached hydrogens (tertiary/aromatic N) is 4. The number of fused-ring (bicyclic) bond motifs is 1. The van der Waals surface area contributed by atoms with Gasteiger partial charge in [-0.15, -0.1) is 0 Å². The molecule has 1 aromatic carbocycles. The van der Waals surface area contributed by atoms with Gasteiger partial charge in [0.1, 0.15) is 23.7 Å². The number of hydrogen-bond donors (Lipinski definition) is 1. The first kappa shape index (κ1) is 21.3. The van der Waals surface area contributed by atoms with Gasteiger partial charge in [0.15, 0.2) is 6.54 Å². The molecule has 31 heavy (non-hydrogen) atoms. The summed E-state index contributed by atoms with van der Waals surface area (Å²) in [5.41, 5.74) is 2.40. The summed E-state index contributed by atoms with van der Waals surface area (Å²) < 4.78 is 7.45. The number of piperidine rings is 1. The molecule has 166 valence electrons. The van der Waals surface area contributed by atoms with E-state index >= 15 is 0 Å². The highest BCUT2D eigenvalue weighted by atomic mass is 16.6. The summed E-state index contributed by atoms with van der Waals surface area (Å²) >= 11 is 0. The SMILES string of the molecule is CC1(C)Cc2cccc(CN3CCC(CNC(=O)Cn4ccnc4[N+](=O)[O-])CC3)c2O1. The largest absolute Gasteiger partial charge is 0.487 e. The number of carbonyl (C=O) groups excluding carboxylic acids is 1. The summed E-state index contributed by atoms with van der Waals surface area (Å²) in [5.74, 6) is 0.913. The van der Waals surface area contributed by atoms with Gasteiger partial charge in [-0.1, -0.05) is 23.2 Å². The molecule has 1 fully saturated rings. The number of likely N-dealkylation sites (tertiary alicyclic amines) is 1. The van der Waals surface area contributed by atoms with Crippen LogP contribution in [0.1, 0.15) is 37.8 Å². The Bertz CT molecular complexity index is 963. The third-order valence-corrected chi connectivity index (χ3v) is 6.03. The molecule has 0 atom stereocenters. The highest BCUT2D eigenvalue weighted by Crippen LogP contribution is 2.38. The maximum atomic E-state index is 12.2. The zero-order chi connectivity index (χ0) is 22.0. The van der Waals surface area contributed by atoms with Crippen molar-refractivity contribution in [1.29, 1.82) is 0 Å². The first-order valence-electron chi connectivity index (χ1n) is 10.7. The zero-order valence-corrected chi connectivity index (χ0v) is 18.0. The lowest BCUT2D eigenvalue weighted by molar-refractivity contribution is -0.396. The second kappa shape index (κ2) is 8.66. The molecule has 2 aliphatic rings. The highest BCUT2D eigenvalue weighted by molar-refractivity contribution is 5.75. The van der Waals surface area contributed by atoms with Gasteiger partial charge >= 0.3 is 5.95 Å². The molecule has 0 bridgehead atoms. The molecule has 3 heterocycles. The smallest absolute Gasteiger partial charge is 0.435 e. The van der Waals surface area contributed by atoms with Gasteiger partial charge in [0.05, 0.1) is 0 Å². The molecule has 2 aliphatic heterocycles. The second-order valence-electron chi connectivity index (χ2n) is 9.08. The number of nitrogens with one attached hydrogen (secondary N) is 1. The number of benzene rings is 1. The van der Waals surface area contributed by atoms with Crippen molar-refractivity contribution in [2.45, 2.75) is 51.8 Å². The van der Waals surface area contributed by atoms with Crippen molar-refractivity contribution in [3.63, 3.8) is 0 Å². The average molecular weight is 428 g/mol. The van der Waals surface area contributed by atoms with Crippen LogP contribution in [0.15, 0.2) is 30.6 Å².